The fourth-order valence-corrected chi connectivity index (χ4v) is 2.91. The van der Waals surface area contributed by atoms with E-state index in [9.17, 15) is 4.79 Å². The van der Waals surface area contributed by atoms with Crippen molar-refractivity contribution in [3.8, 4) is 11.3 Å². The number of carbonyl (C=O) groups is 1. The minimum atomic E-state index is -0.216. The number of halogens is 3. The van der Waals surface area contributed by atoms with Crippen molar-refractivity contribution < 1.29 is 9.21 Å². The Hall–Kier alpha value is -2.27. The van der Waals surface area contributed by atoms with E-state index in [4.69, 9.17) is 39.2 Å². The molecule has 1 aromatic heterocycles. The van der Waals surface area contributed by atoms with Crippen molar-refractivity contribution in [2.75, 3.05) is 0 Å². The number of benzene rings is 2. The molecule has 1 heterocycles. The molecule has 0 saturated heterocycles. The van der Waals surface area contributed by atoms with E-state index in [2.05, 4.69) is 10.5 Å². The lowest BCUT2D eigenvalue weighted by Gasteiger charge is -2.03. The highest BCUT2D eigenvalue weighted by Crippen LogP contribution is 2.35. The van der Waals surface area contributed by atoms with Gasteiger partial charge in [0.25, 0.3) is 0 Å². The van der Waals surface area contributed by atoms with E-state index < -0.39 is 0 Å². The predicted molar refractivity (Wildman–Crippen MR) is 105 cm³/mol. The molecule has 7 heteroatoms. The van der Waals surface area contributed by atoms with E-state index in [1.54, 1.807) is 24.3 Å². The highest BCUT2D eigenvalue weighted by molar-refractivity contribution is 6.44. The summed E-state index contributed by atoms with van der Waals surface area (Å²) in [5.74, 6) is 0.763. The van der Waals surface area contributed by atoms with Crippen molar-refractivity contribution in [3.63, 3.8) is 0 Å². The molecule has 0 spiro atoms. The fraction of sp³-hybridized carbons (Fsp3) is 0.0526. The van der Waals surface area contributed by atoms with Gasteiger partial charge in [0.1, 0.15) is 11.5 Å². The van der Waals surface area contributed by atoms with Gasteiger partial charge in [-0.15, -0.1) is 0 Å². The van der Waals surface area contributed by atoms with Gasteiger partial charge in [0.15, 0.2) is 0 Å². The molecule has 3 aromatic rings. The van der Waals surface area contributed by atoms with E-state index in [1.807, 2.05) is 30.3 Å². The van der Waals surface area contributed by atoms with Crippen molar-refractivity contribution in [2.45, 2.75) is 6.42 Å². The van der Waals surface area contributed by atoms with Gasteiger partial charge in [-0.1, -0.05) is 65.1 Å². The molecule has 4 nitrogen and oxygen atoms in total. The van der Waals surface area contributed by atoms with Gasteiger partial charge in [-0.3, -0.25) is 4.79 Å². The largest absolute Gasteiger partial charge is 0.455 e. The summed E-state index contributed by atoms with van der Waals surface area (Å²) in [5.41, 5.74) is 3.99. The number of hydrazone groups is 1. The topological polar surface area (TPSA) is 54.6 Å². The van der Waals surface area contributed by atoms with Gasteiger partial charge >= 0.3 is 0 Å². The zero-order valence-corrected chi connectivity index (χ0v) is 15.6. The lowest BCUT2D eigenvalue weighted by atomic mass is 10.1. The van der Waals surface area contributed by atoms with Crippen LogP contribution in [0, 0.1) is 0 Å². The number of furan rings is 1. The van der Waals surface area contributed by atoms with Crippen molar-refractivity contribution in [1.29, 1.82) is 0 Å². The zero-order chi connectivity index (χ0) is 18.5. The monoisotopic (exact) mass is 406 g/mol. The molecule has 0 fully saturated rings. The third-order valence-electron chi connectivity index (χ3n) is 3.49. The van der Waals surface area contributed by atoms with Crippen molar-refractivity contribution in [3.05, 3.63) is 81.0 Å². The van der Waals surface area contributed by atoms with Crippen LogP contribution < -0.4 is 5.43 Å². The third kappa shape index (κ3) is 4.67. The summed E-state index contributed by atoms with van der Waals surface area (Å²) in [5, 5.41) is 5.08. The molecule has 26 heavy (non-hydrogen) atoms. The first-order valence-corrected chi connectivity index (χ1v) is 8.77. The molecule has 0 radical (unpaired) electrons. The van der Waals surface area contributed by atoms with E-state index >= 15 is 0 Å². The summed E-state index contributed by atoms with van der Waals surface area (Å²) in [6.45, 7) is 0. The lowest BCUT2D eigenvalue weighted by molar-refractivity contribution is -0.120. The molecule has 0 aliphatic heterocycles. The standard InChI is InChI=1S/C19H13Cl3N2O2/c20-15-10-17(22)16(21)9-14(15)18-7-6-13(26-18)11-23-24-19(25)8-12-4-2-1-3-5-12/h1-7,9-11H,8H2,(H,24,25)/b23-11+. The van der Waals surface area contributed by atoms with Crippen molar-refractivity contribution in [1.82, 2.24) is 5.43 Å². The molecule has 0 aliphatic rings. The number of amides is 1. The molecule has 2 aromatic carbocycles. The first kappa shape index (κ1) is 18.5. The number of rotatable bonds is 5. The molecule has 1 N–H and O–H groups in total. The van der Waals surface area contributed by atoms with Gasteiger partial charge in [-0.2, -0.15) is 5.10 Å². The molecule has 3 rings (SSSR count). The van der Waals surface area contributed by atoms with Gasteiger partial charge in [-0.25, -0.2) is 5.43 Å². The van der Waals surface area contributed by atoms with Crippen LogP contribution >= 0.6 is 34.8 Å². The Labute approximate surface area is 165 Å². The van der Waals surface area contributed by atoms with Crippen LogP contribution in [0.1, 0.15) is 11.3 Å². The minimum absolute atomic E-state index is 0.216. The molecule has 1 amide bonds. The van der Waals surface area contributed by atoms with Crippen LogP contribution in [0.5, 0.6) is 0 Å². The second-order valence-corrected chi connectivity index (χ2v) is 6.63. The highest BCUT2D eigenvalue weighted by Gasteiger charge is 2.11. The second-order valence-electron chi connectivity index (χ2n) is 5.40. The molecule has 0 saturated carbocycles. The van der Waals surface area contributed by atoms with E-state index in [0.717, 1.165) is 5.56 Å². The zero-order valence-electron chi connectivity index (χ0n) is 13.4. The second kappa shape index (κ2) is 8.41. The number of nitrogens with one attached hydrogen (secondary N) is 1. The SMILES string of the molecule is O=C(Cc1ccccc1)N/N=C/c1ccc(-c2cc(Cl)c(Cl)cc2Cl)o1. The normalized spacial score (nSPS) is 11.0. The summed E-state index contributed by atoms with van der Waals surface area (Å²) < 4.78 is 5.66. The Balaban J connectivity index is 1.64. The highest BCUT2D eigenvalue weighted by atomic mass is 35.5. The maximum absolute atomic E-state index is 11.8. The van der Waals surface area contributed by atoms with Crippen molar-refractivity contribution in [2.24, 2.45) is 5.10 Å². The maximum Gasteiger partial charge on any atom is 0.244 e. The van der Waals surface area contributed by atoms with Crippen LogP contribution in [0.3, 0.4) is 0 Å². The predicted octanol–water partition coefficient (Wildman–Crippen LogP) is 5.60. The van der Waals surface area contributed by atoms with Crippen LogP contribution in [0.2, 0.25) is 15.1 Å². The minimum Gasteiger partial charge on any atom is -0.455 e. The van der Waals surface area contributed by atoms with E-state index in [-0.39, 0.29) is 12.3 Å². The Morgan fingerprint density at radius 3 is 2.50 bits per heavy atom. The maximum atomic E-state index is 11.8. The van der Waals surface area contributed by atoms with E-state index in [1.165, 1.54) is 6.21 Å². The molecule has 0 aliphatic carbocycles. The Bertz CT molecular complexity index is 953. The number of carbonyl (C=O) groups excluding carboxylic acids is 1. The summed E-state index contributed by atoms with van der Waals surface area (Å²) in [4.78, 5) is 11.8. The summed E-state index contributed by atoms with van der Waals surface area (Å²) in [6, 6.07) is 16.0. The molecule has 0 atom stereocenters. The molecular weight excluding hydrogens is 395 g/mol. The number of hydrogen-bond acceptors (Lipinski definition) is 3. The summed E-state index contributed by atoms with van der Waals surface area (Å²) >= 11 is 18.1. The lowest BCUT2D eigenvalue weighted by Crippen LogP contribution is -2.19. The van der Waals surface area contributed by atoms with Crippen LogP contribution in [0.25, 0.3) is 11.3 Å². The summed E-state index contributed by atoms with van der Waals surface area (Å²) in [7, 11) is 0. The van der Waals surface area contributed by atoms with Gasteiger partial charge in [0, 0.05) is 5.56 Å². The van der Waals surface area contributed by atoms with Crippen LogP contribution in [0.15, 0.2) is 64.1 Å². The molecular formula is C19H13Cl3N2O2. The van der Waals surface area contributed by atoms with Crippen LogP contribution in [-0.4, -0.2) is 12.1 Å². The quantitative estimate of drug-likeness (QED) is 0.340. The third-order valence-corrected chi connectivity index (χ3v) is 4.53. The summed E-state index contributed by atoms with van der Waals surface area (Å²) in [6.07, 6.45) is 1.66. The van der Waals surface area contributed by atoms with Gasteiger partial charge in [0.05, 0.1) is 27.7 Å². The average Bonchev–Trinajstić information content (AvgIpc) is 3.07. The first-order chi connectivity index (χ1) is 12.5. The average molecular weight is 408 g/mol. The molecule has 0 bridgehead atoms. The Morgan fingerprint density at radius 1 is 1.00 bits per heavy atom. The van der Waals surface area contributed by atoms with Gasteiger partial charge in [0.2, 0.25) is 5.91 Å². The smallest absolute Gasteiger partial charge is 0.244 e. The molecule has 132 valence electrons. The van der Waals surface area contributed by atoms with E-state index in [0.29, 0.717) is 32.2 Å². The Kier molecular flexibility index (Phi) is 5.99. The first-order valence-electron chi connectivity index (χ1n) is 7.63. The number of hydrogen-bond donors (Lipinski definition) is 1. The number of nitrogens with zero attached hydrogens (tertiary/aromatic N) is 1. The molecule has 0 unspecified atom stereocenters. The Morgan fingerprint density at radius 2 is 1.73 bits per heavy atom. The van der Waals surface area contributed by atoms with Crippen molar-refractivity contribution >= 4 is 46.9 Å². The fourth-order valence-electron chi connectivity index (χ4n) is 2.27. The van der Waals surface area contributed by atoms with Crippen LogP contribution in [0.4, 0.5) is 0 Å². The van der Waals surface area contributed by atoms with Crippen LogP contribution in [-0.2, 0) is 11.2 Å². The van der Waals surface area contributed by atoms with Gasteiger partial charge in [-0.05, 0) is 29.8 Å². The van der Waals surface area contributed by atoms with Gasteiger partial charge < -0.3 is 4.42 Å².